The molecule has 2 rings (SSSR count). The molecule has 1 aliphatic rings. The zero-order valence-electron chi connectivity index (χ0n) is 11.1. The number of alkyl halides is 1. The average molecular weight is 322 g/mol. The van der Waals surface area contributed by atoms with Crippen LogP contribution >= 0.6 is 34.8 Å². The van der Waals surface area contributed by atoms with Gasteiger partial charge in [0.15, 0.2) is 0 Å². The fraction of sp³-hybridized carbons (Fsp3) is 0.600. The Kier molecular flexibility index (Phi) is 5.68. The van der Waals surface area contributed by atoms with Crippen molar-refractivity contribution in [3.63, 3.8) is 0 Å². The minimum absolute atomic E-state index is 0.0547. The molecule has 0 N–H and O–H groups in total. The van der Waals surface area contributed by atoms with Crippen molar-refractivity contribution in [1.82, 2.24) is 0 Å². The fourth-order valence-electron chi connectivity index (χ4n) is 2.70. The van der Waals surface area contributed by atoms with Crippen LogP contribution in [0.25, 0.3) is 0 Å². The second kappa shape index (κ2) is 7.06. The van der Waals surface area contributed by atoms with Crippen molar-refractivity contribution in [2.75, 3.05) is 6.61 Å². The summed E-state index contributed by atoms with van der Waals surface area (Å²) >= 11 is 19.2. The van der Waals surface area contributed by atoms with Crippen molar-refractivity contribution < 1.29 is 4.74 Å². The minimum Gasteiger partial charge on any atom is -0.492 e. The van der Waals surface area contributed by atoms with E-state index in [-0.39, 0.29) is 5.38 Å². The molecule has 1 saturated carbocycles. The minimum atomic E-state index is -0.0547. The van der Waals surface area contributed by atoms with E-state index in [1.807, 2.05) is 13.0 Å². The molecule has 1 atom stereocenters. The zero-order valence-corrected chi connectivity index (χ0v) is 13.4. The molecule has 0 aromatic heterocycles. The predicted molar refractivity (Wildman–Crippen MR) is 82.8 cm³/mol. The van der Waals surface area contributed by atoms with Crippen molar-refractivity contribution in [1.29, 1.82) is 0 Å². The van der Waals surface area contributed by atoms with E-state index in [9.17, 15) is 0 Å². The van der Waals surface area contributed by atoms with Crippen LogP contribution < -0.4 is 4.74 Å². The van der Waals surface area contributed by atoms with E-state index < -0.39 is 0 Å². The summed E-state index contributed by atoms with van der Waals surface area (Å²) in [7, 11) is 0. The summed E-state index contributed by atoms with van der Waals surface area (Å²) in [5.41, 5.74) is 0.934. The summed E-state index contributed by atoms with van der Waals surface area (Å²) in [6, 6.07) is 3.64. The molecule has 0 saturated heterocycles. The molecule has 0 aliphatic heterocycles. The Morgan fingerprint density at radius 1 is 1.16 bits per heavy atom. The van der Waals surface area contributed by atoms with Crippen molar-refractivity contribution in [2.24, 2.45) is 5.92 Å². The second-order valence-corrected chi connectivity index (χ2v) is 6.32. The third-order valence-electron chi connectivity index (χ3n) is 3.71. The first kappa shape index (κ1) is 15.3. The maximum Gasteiger partial charge on any atom is 0.139 e. The molecule has 1 fully saturated rings. The number of halogens is 3. The van der Waals surface area contributed by atoms with Crippen LogP contribution in [-0.4, -0.2) is 6.61 Å². The average Bonchev–Trinajstić information content (AvgIpc) is 2.43. The topological polar surface area (TPSA) is 9.23 Å². The Labute approximate surface area is 130 Å². The number of benzene rings is 1. The van der Waals surface area contributed by atoms with Gasteiger partial charge in [-0.15, -0.1) is 11.6 Å². The number of hydrogen-bond donors (Lipinski definition) is 0. The quantitative estimate of drug-likeness (QED) is 0.595. The van der Waals surface area contributed by atoms with Gasteiger partial charge in [-0.05, 0) is 37.3 Å². The zero-order chi connectivity index (χ0) is 13.8. The molecule has 1 nitrogen and oxygen atoms in total. The van der Waals surface area contributed by atoms with Crippen LogP contribution in [0.2, 0.25) is 10.0 Å². The van der Waals surface area contributed by atoms with Gasteiger partial charge in [0.05, 0.1) is 17.0 Å². The molecule has 106 valence electrons. The Hall–Kier alpha value is -0.110. The van der Waals surface area contributed by atoms with Gasteiger partial charge in [-0.3, -0.25) is 0 Å². The maximum absolute atomic E-state index is 6.61. The van der Waals surface area contributed by atoms with Gasteiger partial charge in [0.1, 0.15) is 5.75 Å². The Morgan fingerprint density at radius 2 is 1.84 bits per heavy atom. The third-order valence-corrected chi connectivity index (χ3v) is 4.93. The molecular formula is C15H19Cl3O. The molecule has 1 aliphatic carbocycles. The summed E-state index contributed by atoms with van der Waals surface area (Å²) in [6.07, 6.45) is 6.19. The molecule has 0 amide bonds. The van der Waals surface area contributed by atoms with Gasteiger partial charge in [-0.1, -0.05) is 42.5 Å². The molecule has 1 aromatic carbocycles. The fourth-order valence-corrected chi connectivity index (χ4v) is 3.69. The van der Waals surface area contributed by atoms with Crippen LogP contribution in [0.1, 0.15) is 50.0 Å². The van der Waals surface area contributed by atoms with E-state index in [0.29, 0.717) is 28.3 Å². The lowest BCUT2D eigenvalue weighted by molar-refractivity contribution is 0.338. The van der Waals surface area contributed by atoms with E-state index in [1.54, 1.807) is 6.07 Å². The van der Waals surface area contributed by atoms with Gasteiger partial charge in [0.25, 0.3) is 0 Å². The number of ether oxygens (including phenoxy) is 1. The molecular weight excluding hydrogens is 303 g/mol. The van der Waals surface area contributed by atoms with Crippen LogP contribution in [0.15, 0.2) is 12.1 Å². The summed E-state index contributed by atoms with van der Waals surface area (Å²) in [6.45, 7) is 2.49. The largest absolute Gasteiger partial charge is 0.492 e. The van der Waals surface area contributed by atoms with Gasteiger partial charge >= 0.3 is 0 Å². The Morgan fingerprint density at radius 3 is 2.47 bits per heavy atom. The van der Waals surface area contributed by atoms with Crippen molar-refractivity contribution in [3.8, 4) is 5.75 Å². The number of hydrogen-bond acceptors (Lipinski definition) is 1. The highest BCUT2D eigenvalue weighted by atomic mass is 35.5. The lowest BCUT2D eigenvalue weighted by Gasteiger charge is -2.27. The number of rotatable bonds is 4. The smallest absolute Gasteiger partial charge is 0.139 e. The molecule has 1 unspecified atom stereocenters. The normalized spacial score (nSPS) is 18.3. The molecule has 19 heavy (non-hydrogen) atoms. The van der Waals surface area contributed by atoms with E-state index in [4.69, 9.17) is 39.5 Å². The molecule has 1 aromatic rings. The van der Waals surface area contributed by atoms with Crippen molar-refractivity contribution in [2.45, 2.75) is 44.4 Å². The van der Waals surface area contributed by atoms with Crippen molar-refractivity contribution in [3.05, 3.63) is 27.7 Å². The molecule has 4 heteroatoms. The predicted octanol–water partition coefficient (Wildman–Crippen LogP) is 6.25. The summed E-state index contributed by atoms with van der Waals surface area (Å²) in [5, 5.41) is 1.18. The van der Waals surface area contributed by atoms with E-state index >= 15 is 0 Å². The first-order valence-corrected chi connectivity index (χ1v) is 8.08. The van der Waals surface area contributed by atoms with Crippen LogP contribution in [0.3, 0.4) is 0 Å². The lowest BCUT2D eigenvalue weighted by atomic mass is 9.84. The summed E-state index contributed by atoms with van der Waals surface area (Å²) < 4.78 is 5.44. The standard InChI is InChI=1S/C15H19Cl3O/c1-2-19-14-9-12(16)11(8-13(14)17)15(18)10-6-4-3-5-7-10/h8-10,15H,2-7H2,1H3. The molecule has 0 spiro atoms. The van der Waals surface area contributed by atoms with Gasteiger partial charge in [0, 0.05) is 11.1 Å². The Bertz CT molecular complexity index is 428. The first-order valence-electron chi connectivity index (χ1n) is 6.89. The van der Waals surface area contributed by atoms with E-state index in [0.717, 1.165) is 5.56 Å². The van der Waals surface area contributed by atoms with E-state index in [1.165, 1.54) is 32.1 Å². The monoisotopic (exact) mass is 320 g/mol. The van der Waals surface area contributed by atoms with E-state index in [2.05, 4.69) is 0 Å². The van der Waals surface area contributed by atoms with Crippen LogP contribution in [0.5, 0.6) is 5.75 Å². The Balaban J connectivity index is 2.21. The van der Waals surface area contributed by atoms with Crippen LogP contribution in [0.4, 0.5) is 0 Å². The molecule has 0 heterocycles. The highest BCUT2D eigenvalue weighted by Crippen LogP contribution is 2.43. The van der Waals surface area contributed by atoms with Gasteiger partial charge < -0.3 is 4.74 Å². The molecule has 0 bridgehead atoms. The first-order chi connectivity index (χ1) is 9.13. The summed E-state index contributed by atoms with van der Waals surface area (Å²) in [5.74, 6) is 1.13. The van der Waals surface area contributed by atoms with Gasteiger partial charge in [-0.2, -0.15) is 0 Å². The maximum atomic E-state index is 6.61. The third kappa shape index (κ3) is 3.71. The SMILES string of the molecule is CCOc1cc(Cl)c(C(Cl)C2CCCCC2)cc1Cl. The van der Waals surface area contributed by atoms with Gasteiger partial charge in [-0.25, -0.2) is 0 Å². The van der Waals surface area contributed by atoms with Crippen LogP contribution in [0, 0.1) is 5.92 Å². The van der Waals surface area contributed by atoms with Gasteiger partial charge in [0.2, 0.25) is 0 Å². The highest BCUT2D eigenvalue weighted by Gasteiger charge is 2.25. The summed E-state index contributed by atoms with van der Waals surface area (Å²) in [4.78, 5) is 0. The highest BCUT2D eigenvalue weighted by molar-refractivity contribution is 6.35. The lowest BCUT2D eigenvalue weighted by Crippen LogP contribution is -2.12. The van der Waals surface area contributed by atoms with Crippen LogP contribution in [-0.2, 0) is 0 Å². The van der Waals surface area contributed by atoms with Crippen molar-refractivity contribution >= 4 is 34.8 Å². The second-order valence-electron chi connectivity index (χ2n) is 5.04. The molecule has 0 radical (unpaired) electrons.